The van der Waals surface area contributed by atoms with Crippen molar-refractivity contribution in [3.8, 4) is 0 Å². The smallest absolute Gasteiger partial charge is 0.103 e. The van der Waals surface area contributed by atoms with Crippen LogP contribution in [0.5, 0.6) is 0 Å². The lowest BCUT2D eigenvalue weighted by molar-refractivity contribution is -0.134. The second-order valence-corrected chi connectivity index (χ2v) is 5.78. The van der Waals surface area contributed by atoms with Crippen molar-refractivity contribution < 1.29 is 5.11 Å². The predicted octanol–water partition coefficient (Wildman–Crippen LogP) is 1.20. The van der Waals surface area contributed by atoms with Gasteiger partial charge in [-0.05, 0) is 37.0 Å². The van der Waals surface area contributed by atoms with Gasteiger partial charge >= 0.3 is 0 Å². The molecule has 86 valence electrons. The van der Waals surface area contributed by atoms with Crippen molar-refractivity contribution in [3.63, 3.8) is 0 Å². The summed E-state index contributed by atoms with van der Waals surface area (Å²) in [5, 5.41) is 10.5. The predicted molar refractivity (Wildman–Crippen MR) is 62.0 cm³/mol. The fourth-order valence-electron chi connectivity index (χ4n) is 3.38. The highest BCUT2D eigenvalue weighted by molar-refractivity contribution is 5.94. The molecule has 3 heteroatoms. The first-order valence-electron chi connectivity index (χ1n) is 5.87. The zero-order chi connectivity index (χ0) is 11.3. The van der Waals surface area contributed by atoms with Gasteiger partial charge in [-0.2, -0.15) is 0 Å². The molecule has 3 aliphatic carbocycles. The zero-order valence-electron chi connectivity index (χ0n) is 9.95. The van der Waals surface area contributed by atoms with Crippen LogP contribution >= 0.6 is 0 Å². The Morgan fingerprint density at radius 2 is 2.13 bits per heavy atom. The van der Waals surface area contributed by atoms with E-state index in [9.17, 15) is 5.11 Å². The van der Waals surface area contributed by atoms with Crippen molar-refractivity contribution in [1.29, 1.82) is 0 Å². The molecule has 2 bridgehead atoms. The molecule has 0 spiro atoms. The van der Waals surface area contributed by atoms with Gasteiger partial charge in [0.05, 0.1) is 6.54 Å². The molecule has 0 heterocycles. The van der Waals surface area contributed by atoms with Gasteiger partial charge in [0.2, 0.25) is 0 Å². The standard InChI is InChI=1S/C12H22N2O/c1-11(2)8-6-9(11)12(3,15)10(7-8)14-5-4-13/h8-9,15H,4-7,13H2,1-3H3. The van der Waals surface area contributed by atoms with Crippen LogP contribution in [0.1, 0.15) is 33.6 Å². The molecule has 3 atom stereocenters. The highest BCUT2D eigenvalue weighted by Gasteiger charge is 2.61. The largest absolute Gasteiger partial charge is 0.384 e. The van der Waals surface area contributed by atoms with E-state index >= 15 is 0 Å². The van der Waals surface area contributed by atoms with Gasteiger partial charge in [0.25, 0.3) is 0 Å². The van der Waals surface area contributed by atoms with Gasteiger partial charge in [-0.25, -0.2) is 0 Å². The van der Waals surface area contributed by atoms with Gasteiger partial charge in [-0.3, -0.25) is 4.99 Å². The highest BCUT2D eigenvalue weighted by Crippen LogP contribution is 2.61. The minimum absolute atomic E-state index is 0.283. The molecule has 0 radical (unpaired) electrons. The molecular formula is C12H22N2O. The average Bonchev–Trinajstić information content (AvgIpc) is 2.14. The minimum atomic E-state index is -0.701. The van der Waals surface area contributed by atoms with Gasteiger partial charge in [-0.1, -0.05) is 13.8 Å². The fraction of sp³-hybridized carbons (Fsp3) is 0.917. The maximum atomic E-state index is 10.5. The molecule has 15 heavy (non-hydrogen) atoms. The lowest BCUT2D eigenvalue weighted by atomic mass is 9.44. The quantitative estimate of drug-likeness (QED) is 0.719. The third-order valence-corrected chi connectivity index (χ3v) is 4.60. The van der Waals surface area contributed by atoms with Crippen LogP contribution in [0.3, 0.4) is 0 Å². The maximum absolute atomic E-state index is 10.5. The van der Waals surface area contributed by atoms with E-state index in [2.05, 4.69) is 18.8 Å². The molecule has 0 aromatic carbocycles. The Morgan fingerprint density at radius 1 is 1.47 bits per heavy atom. The summed E-state index contributed by atoms with van der Waals surface area (Å²) < 4.78 is 0. The van der Waals surface area contributed by atoms with Crippen LogP contribution in [0.4, 0.5) is 0 Å². The van der Waals surface area contributed by atoms with Gasteiger partial charge < -0.3 is 10.8 Å². The second-order valence-electron chi connectivity index (χ2n) is 5.78. The Morgan fingerprint density at radius 3 is 2.60 bits per heavy atom. The number of fused-ring (bicyclic) bond motifs is 2. The number of nitrogens with two attached hydrogens (primary N) is 1. The van der Waals surface area contributed by atoms with Gasteiger partial charge in [-0.15, -0.1) is 0 Å². The van der Waals surface area contributed by atoms with Crippen molar-refractivity contribution >= 4 is 5.71 Å². The van der Waals surface area contributed by atoms with Crippen molar-refractivity contribution in [2.75, 3.05) is 13.1 Å². The molecular weight excluding hydrogens is 188 g/mol. The molecule has 3 nitrogen and oxygen atoms in total. The molecule has 3 aliphatic rings. The molecule has 0 saturated heterocycles. The third kappa shape index (κ3) is 1.44. The molecule has 3 unspecified atom stereocenters. The van der Waals surface area contributed by atoms with E-state index in [1.807, 2.05) is 6.92 Å². The van der Waals surface area contributed by atoms with E-state index in [0.29, 0.717) is 24.9 Å². The van der Waals surface area contributed by atoms with E-state index in [1.54, 1.807) is 0 Å². The number of rotatable bonds is 2. The minimum Gasteiger partial charge on any atom is -0.384 e. The summed E-state index contributed by atoms with van der Waals surface area (Å²) in [6, 6.07) is 0. The summed E-state index contributed by atoms with van der Waals surface area (Å²) in [4.78, 5) is 4.44. The summed E-state index contributed by atoms with van der Waals surface area (Å²) in [6.45, 7) is 7.66. The molecule has 0 aromatic rings. The molecule has 3 saturated carbocycles. The monoisotopic (exact) mass is 210 g/mol. The highest BCUT2D eigenvalue weighted by atomic mass is 16.3. The van der Waals surface area contributed by atoms with Crippen LogP contribution in [0.2, 0.25) is 0 Å². The topological polar surface area (TPSA) is 58.6 Å². The normalized spacial score (nSPS) is 45.3. The Labute approximate surface area is 91.8 Å². The lowest BCUT2D eigenvalue weighted by Crippen LogP contribution is -2.64. The summed E-state index contributed by atoms with van der Waals surface area (Å²) in [7, 11) is 0. The van der Waals surface area contributed by atoms with Gasteiger partial charge in [0.15, 0.2) is 0 Å². The molecule has 0 aromatic heterocycles. The summed E-state index contributed by atoms with van der Waals surface area (Å²) in [6.07, 6.45) is 2.11. The van der Waals surface area contributed by atoms with E-state index in [4.69, 9.17) is 5.73 Å². The first kappa shape index (κ1) is 11.1. The average molecular weight is 210 g/mol. The van der Waals surface area contributed by atoms with E-state index < -0.39 is 5.60 Å². The number of nitrogens with zero attached hydrogens (tertiary/aromatic N) is 1. The SMILES string of the molecule is CC1(O)C(=NCCN)CC2CC1C2(C)C. The summed E-state index contributed by atoms with van der Waals surface area (Å²) in [5.74, 6) is 1.08. The number of aliphatic hydroxyl groups is 1. The summed E-state index contributed by atoms with van der Waals surface area (Å²) in [5.41, 5.74) is 6.01. The molecule has 0 amide bonds. The molecule has 3 rings (SSSR count). The lowest BCUT2D eigenvalue weighted by Gasteiger charge is -2.62. The second kappa shape index (κ2) is 3.29. The molecule has 0 aliphatic heterocycles. The Balaban J connectivity index is 2.21. The number of aliphatic imine (C=N–C) groups is 1. The van der Waals surface area contributed by atoms with Crippen LogP contribution in [-0.4, -0.2) is 29.5 Å². The van der Waals surface area contributed by atoms with Crippen LogP contribution < -0.4 is 5.73 Å². The van der Waals surface area contributed by atoms with Gasteiger partial charge in [0.1, 0.15) is 5.60 Å². The van der Waals surface area contributed by atoms with E-state index in [1.165, 1.54) is 0 Å². The Kier molecular flexibility index (Phi) is 2.43. The third-order valence-electron chi connectivity index (χ3n) is 4.60. The molecule has 3 fully saturated rings. The number of hydrogen-bond donors (Lipinski definition) is 2. The first-order chi connectivity index (χ1) is 6.90. The zero-order valence-corrected chi connectivity index (χ0v) is 9.95. The van der Waals surface area contributed by atoms with Gasteiger partial charge in [0, 0.05) is 12.3 Å². The van der Waals surface area contributed by atoms with Crippen molar-refractivity contribution in [2.45, 2.75) is 39.2 Å². The first-order valence-corrected chi connectivity index (χ1v) is 5.87. The van der Waals surface area contributed by atoms with Crippen molar-refractivity contribution in [1.82, 2.24) is 0 Å². The van der Waals surface area contributed by atoms with Crippen LogP contribution in [0, 0.1) is 17.3 Å². The maximum Gasteiger partial charge on any atom is 0.103 e. The van der Waals surface area contributed by atoms with E-state index in [0.717, 1.165) is 18.6 Å². The summed E-state index contributed by atoms with van der Waals surface area (Å²) >= 11 is 0. The Bertz CT molecular complexity index is 294. The fourth-order valence-corrected chi connectivity index (χ4v) is 3.38. The van der Waals surface area contributed by atoms with Crippen LogP contribution in [0.15, 0.2) is 4.99 Å². The van der Waals surface area contributed by atoms with Crippen LogP contribution in [-0.2, 0) is 0 Å². The van der Waals surface area contributed by atoms with Crippen molar-refractivity contribution in [3.05, 3.63) is 0 Å². The van der Waals surface area contributed by atoms with E-state index in [-0.39, 0.29) is 5.41 Å². The van der Waals surface area contributed by atoms with Crippen molar-refractivity contribution in [2.24, 2.45) is 28.0 Å². The number of hydrogen-bond acceptors (Lipinski definition) is 3. The van der Waals surface area contributed by atoms with Crippen LogP contribution in [0.25, 0.3) is 0 Å². The molecule has 3 N–H and O–H groups in total. The Hall–Kier alpha value is -0.410.